The summed E-state index contributed by atoms with van der Waals surface area (Å²) in [5.41, 5.74) is 1.17. The molecule has 2 fully saturated rings. The number of hydrogen-bond donors (Lipinski definition) is 1. The van der Waals surface area contributed by atoms with Gasteiger partial charge in [0.05, 0.1) is 6.54 Å². The van der Waals surface area contributed by atoms with Gasteiger partial charge in [-0.15, -0.1) is 0 Å². The lowest BCUT2D eigenvalue weighted by atomic mass is 10.2. The highest BCUT2D eigenvalue weighted by Crippen LogP contribution is 2.14. The Balaban J connectivity index is 1.45. The van der Waals surface area contributed by atoms with E-state index in [4.69, 9.17) is 4.42 Å². The lowest BCUT2D eigenvalue weighted by molar-refractivity contribution is -0.131. The molecule has 1 aromatic heterocycles. The third-order valence-corrected chi connectivity index (χ3v) is 5.28. The first-order chi connectivity index (χ1) is 12.6. The van der Waals surface area contributed by atoms with E-state index in [0.29, 0.717) is 13.1 Å². The molecule has 0 saturated carbocycles. The molecule has 0 radical (unpaired) electrons. The van der Waals surface area contributed by atoms with Gasteiger partial charge in [-0.3, -0.25) is 14.7 Å². The minimum Gasteiger partial charge on any atom is -0.466 e. The minimum atomic E-state index is 0.282. The molecule has 0 aromatic carbocycles. The van der Waals surface area contributed by atoms with Gasteiger partial charge in [0.1, 0.15) is 11.5 Å². The summed E-state index contributed by atoms with van der Waals surface area (Å²) in [6.07, 6.45) is 2.30. The van der Waals surface area contributed by atoms with Gasteiger partial charge in [0.25, 0.3) is 0 Å². The number of carbonyl (C=O) groups excluding carboxylic acids is 1. The van der Waals surface area contributed by atoms with Gasteiger partial charge < -0.3 is 19.5 Å². The fourth-order valence-electron chi connectivity index (χ4n) is 3.74. The van der Waals surface area contributed by atoms with Crippen molar-refractivity contribution in [2.45, 2.75) is 33.2 Å². The number of nitrogens with zero attached hydrogens (tertiary/aromatic N) is 4. The van der Waals surface area contributed by atoms with E-state index in [0.717, 1.165) is 69.6 Å². The molecule has 1 aromatic rings. The van der Waals surface area contributed by atoms with Gasteiger partial charge in [0, 0.05) is 58.4 Å². The lowest BCUT2D eigenvalue weighted by Crippen LogP contribution is -2.54. The molecular formula is C19H31N5O2. The first kappa shape index (κ1) is 18.8. The van der Waals surface area contributed by atoms with Crippen molar-refractivity contribution in [3.8, 4) is 0 Å². The number of hydrogen-bond acceptors (Lipinski definition) is 4. The maximum Gasteiger partial charge on any atom is 0.236 e. The van der Waals surface area contributed by atoms with Gasteiger partial charge >= 0.3 is 0 Å². The van der Waals surface area contributed by atoms with Crippen LogP contribution in [0.25, 0.3) is 0 Å². The number of nitrogens with one attached hydrogen (secondary N) is 1. The molecule has 3 rings (SSSR count). The Morgan fingerprint density at radius 2 is 1.81 bits per heavy atom. The number of rotatable bonds is 4. The second-order valence-corrected chi connectivity index (χ2v) is 7.19. The zero-order valence-electron chi connectivity index (χ0n) is 16.3. The van der Waals surface area contributed by atoms with Crippen molar-refractivity contribution < 1.29 is 9.21 Å². The molecule has 0 aliphatic carbocycles. The van der Waals surface area contributed by atoms with Crippen LogP contribution in [-0.2, 0) is 11.3 Å². The van der Waals surface area contributed by atoms with Gasteiger partial charge in [-0.1, -0.05) is 0 Å². The second kappa shape index (κ2) is 8.58. The maximum absolute atomic E-state index is 12.3. The Labute approximate surface area is 156 Å². The molecule has 0 unspecified atom stereocenters. The molecule has 2 aliphatic rings. The van der Waals surface area contributed by atoms with Crippen molar-refractivity contribution in [1.29, 1.82) is 0 Å². The van der Waals surface area contributed by atoms with Gasteiger partial charge in [0.2, 0.25) is 5.91 Å². The third kappa shape index (κ3) is 4.58. The van der Waals surface area contributed by atoms with Crippen LogP contribution in [0, 0.1) is 13.8 Å². The molecular weight excluding hydrogens is 330 g/mol. The number of guanidine groups is 1. The van der Waals surface area contributed by atoms with Crippen LogP contribution in [0.2, 0.25) is 0 Å². The average molecular weight is 361 g/mol. The minimum absolute atomic E-state index is 0.282. The zero-order valence-corrected chi connectivity index (χ0v) is 16.3. The van der Waals surface area contributed by atoms with Crippen molar-refractivity contribution in [1.82, 2.24) is 20.0 Å². The quantitative estimate of drug-likeness (QED) is 0.645. The predicted octanol–water partition coefficient (Wildman–Crippen LogP) is 1.21. The predicted molar refractivity (Wildman–Crippen MR) is 102 cm³/mol. The molecule has 7 heteroatoms. The van der Waals surface area contributed by atoms with E-state index < -0.39 is 0 Å². The van der Waals surface area contributed by atoms with Crippen molar-refractivity contribution in [2.75, 3.05) is 52.9 Å². The number of furan rings is 1. The first-order valence-corrected chi connectivity index (χ1v) is 9.58. The summed E-state index contributed by atoms with van der Waals surface area (Å²) in [5, 5.41) is 3.43. The first-order valence-electron chi connectivity index (χ1n) is 9.58. The average Bonchev–Trinajstić information content (AvgIpc) is 3.27. The van der Waals surface area contributed by atoms with E-state index >= 15 is 0 Å². The molecule has 1 amide bonds. The lowest BCUT2D eigenvalue weighted by Gasteiger charge is -2.36. The van der Waals surface area contributed by atoms with Crippen LogP contribution < -0.4 is 5.32 Å². The molecule has 1 N–H and O–H groups in total. The Morgan fingerprint density at radius 1 is 1.12 bits per heavy atom. The largest absolute Gasteiger partial charge is 0.466 e. The summed E-state index contributed by atoms with van der Waals surface area (Å²) in [6, 6.07) is 2.07. The molecule has 2 saturated heterocycles. The fourth-order valence-corrected chi connectivity index (χ4v) is 3.74. The molecule has 0 atom stereocenters. The van der Waals surface area contributed by atoms with Crippen LogP contribution in [0.5, 0.6) is 0 Å². The maximum atomic E-state index is 12.3. The summed E-state index contributed by atoms with van der Waals surface area (Å²) in [7, 11) is 1.82. The summed E-state index contributed by atoms with van der Waals surface area (Å²) >= 11 is 0. The van der Waals surface area contributed by atoms with Crippen molar-refractivity contribution in [2.24, 2.45) is 4.99 Å². The number of likely N-dealkylation sites (tertiary alicyclic amines) is 1. The van der Waals surface area contributed by atoms with Crippen LogP contribution in [0.1, 0.15) is 29.9 Å². The van der Waals surface area contributed by atoms with Crippen LogP contribution in [0.15, 0.2) is 15.5 Å². The number of carbonyl (C=O) groups is 1. The summed E-state index contributed by atoms with van der Waals surface area (Å²) in [5.74, 6) is 3.08. The van der Waals surface area contributed by atoms with Crippen LogP contribution in [0.4, 0.5) is 0 Å². The Hall–Kier alpha value is -2.02. The van der Waals surface area contributed by atoms with Gasteiger partial charge in [-0.05, 0) is 32.8 Å². The van der Waals surface area contributed by atoms with Crippen LogP contribution in [-0.4, -0.2) is 79.4 Å². The number of piperazine rings is 1. The highest BCUT2D eigenvalue weighted by molar-refractivity contribution is 5.80. The van der Waals surface area contributed by atoms with Crippen molar-refractivity contribution >= 4 is 11.9 Å². The molecule has 0 bridgehead atoms. The smallest absolute Gasteiger partial charge is 0.236 e. The fraction of sp³-hybridized carbons (Fsp3) is 0.684. The number of aliphatic imine (C=N–C) groups is 1. The highest BCUT2D eigenvalue weighted by Gasteiger charge is 2.24. The Kier molecular flexibility index (Phi) is 6.19. The second-order valence-electron chi connectivity index (χ2n) is 7.19. The van der Waals surface area contributed by atoms with Gasteiger partial charge in [0.15, 0.2) is 5.96 Å². The molecule has 2 aliphatic heterocycles. The van der Waals surface area contributed by atoms with E-state index in [2.05, 4.69) is 26.2 Å². The monoisotopic (exact) mass is 361 g/mol. The summed E-state index contributed by atoms with van der Waals surface area (Å²) in [6.45, 7) is 10.6. The molecule has 3 heterocycles. The number of aryl methyl sites for hydroxylation is 2. The van der Waals surface area contributed by atoms with Crippen LogP contribution in [0.3, 0.4) is 0 Å². The van der Waals surface area contributed by atoms with Gasteiger partial charge in [-0.2, -0.15) is 0 Å². The van der Waals surface area contributed by atoms with E-state index in [1.807, 2.05) is 25.8 Å². The molecule has 7 nitrogen and oxygen atoms in total. The Morgan fingerprint density at radius 3 is 2.38 bits per heavy atom. The van der Waals surface area contributed by atoms with Crippen molar-refractivity contribution in [3.63, 3.8) is 0 Å². The zero-order chi connectivity index (χ0) is 18.5. The normalized spacial score (nSPS) is 19.3. The standard InChI is InChI=1S/C19H31N5O2/c1-15-12-17(16(2)26-15)13-21-19(20-3)24-10-8-22(9-11-24)14-18(25)23-6-4-5-7-23/h12H,4-11,13-14H2,1-3H3,(H,20,21). The summed E-state index contributed by atoms with van der Waals surface area (Å²) in [4.78, 5) is 23.2. The molecule has 26 heavy (non-hydrogen) atoms. The van der Waals surface area contributed by atoms with Crippen LogP contribution >= 0.6 is 0 Å². The van der Waals surface area contributed by atoms with Gasteiger partial charge in [-0.25, -0.2) is 0 Å². The van der Waals surface area contributed by atoms with E-state index in [-0.39, 0.29) is 5.91 Å². The van der Waals surface area contributed by atoms with E-state index in [1.54, 1.807) is 0 Å². The van der Waals surface area contributed by atoms with E-state index in [1.165, 1.54) is 5.56 Å². The highest BCUT2D eigenvalue weighted by atomic mass is 16.3. The van der Waals surface area contributed by atoms with Crippen molar-refractivity contribution in [3.05, 3.63) is 23.2 Å². The third-order valence-electron chi connectivity index (χ3n) is 5.28. The SMILES string of the molecule is CN=C(NCc1cc(C)oc1C)N1CCN(CC(=O)N2CCCC2)CC1. The molecule has 0 spiro atoms. The molecule has 144 valence electrons. The van der Waals surface area contributed by atoms with E-state index in [9.17, 15) is 4.79 Å². The topological polar surface area (TPSA) is 64.3 Å². The summed E-state index contributed by atoms with van der Waals surface area (Å²) < 4.78 is 5.58. The Bertz CT molecular complexity index is 640. The number of amides is 1.